The standard InChI is InChI=1S/C14H14N2O/c1-10-8-13(15)5-6-14(10)17-11(2)12-4-3-7-16-9-12/h3-9H,2,15H2,1H3. The summed E-state index contributed by atoms with van der Waals surface area (Å²) in [7, 11) is 0. The zero-order valence-electron chi connectivity index (χ0n) is 9.68. The summed E-state index contributed by atoms with van der Waals surface area (Å²) in [5.41, 5.74) is 8.25. The fraction of sp³-hybridized carbons (Fsp3) is 0.0714. The highest BCUT2D eigenvalue weighted by Gasteiger charge is 2.04. The highest BCUT2D eigenvalue weighted by Crippen LogP contribution is 2.24. The molecule has 2 N–H and O–H groups in total. The summed E-state index contributed by atoms with van der Waals surface area (Å²) in [6.07, 6.45) is 3.43. The molecule has 0 radical (unpaired) electrons. The highest BCUT2D eigenvalue weighted by molar-refractivity contribution is 5.60. The van der Waals surface area contributed by atoms with Gasteiger partial charge in [-0.15, -0.1) is 0 Å². The summed E-state index contributed by atoms with van der Waals surface area (Å²) in [6.45, 7) is 5.84. The van der Waals surface area contributed by atoms with E-state index in [4.69, 9.17) is 10.5 Å². The Morgan fingerprint density at radius 3 is 2.82 bits per heavy atom. The minimum atomic E-state index is 0.575. The van der Waals surface area contributed by atoms with Crippen molar-refractivity contribution in [1.82, 2.24) is 4.98 Å². The summed E-state index contributed by atoms with van der Waals surface area (Å²) in [4.78, 5) is 4.02. The molecule has 3 heteroatoms. The average Bonchev–Trinajstić information content (AvgIpc) is 2.34. The molecule has 0 aliphatic rings. The van der Waals surface area contributed by atoms with Crippen LogP contribution in [0.5, 0.6) is 5.75 Å². The lowest BCUT2D eigenvalue weighted by molar-refractivity contribution is 0.512. The summed E-state index contributed by atoms with van der Waals surface area (Å²) >= 11 is 0. The van der Waals surface area contributed by atoms with Gasteiger partial charge < -0.3 is 10.5 Å². The van der Waals surface area contributed by atoms with Crippen molar-refractivity contribution in [2.45, 2.75) is 6.92 Å². The Labute approximate surface area is 101 Å². The summed E-state index contributed by atoms with van der Waals surface area (Å²) in [5, 5.41) is 0. The number of aromatic nitrogens is 1. The minimum absolute atomic E-state index is 0.575. The molecule has 0 unspecified atom stereocenters. The van der Waals surface area contributed by atoms with Crippen LogP contribution in [0.3, 0.4) is 0 Å². The van der Waals surface area contributed by atoms with E-state index in [0.717, 1.165) is 22.6 Å². The third-order valence-electron chi connectivity index (χ3n) is 2.42. The normalized spacial score (nSPS) is 9.94. The SMILES string of the molecule is C=C(Oc1ccc(N)cc1C)c1cccnc1. The molecule has 0 bridgehead atoms. The fourth-order valence-corrected chi connectivity index (χ4v) is 1.51. The van der Waals surface area contributed by atoms with Gasteiger partial charge in [0.15, 0.2) is 0 Å². The Kier molecular flexibility index (Phi) is 3.10. The molecule has 2 rings (SSSR count). The van der Waals surface area contributed by atoms with E-state index in [9.17, 15) is 0 Å². The first-order valence-electron chi connectivity index (χ1n) is 5.30. The Morgan fingerprint density at radius 1 is 1.35 bits per heavy atom. The fourth-order valence-electron chi connectivity index (χ4n) is 1.51. The number of anilines is 1. The van der Waals surface area contributed by atoms with Gasteiger partial charge in [0.1, 0.15) is 11.5 Å². The number of nitrogen functional groups attached to an aromatic ring is 1. The molecule has 86 valence electrons. The second-order valence-corrected chi connectivity index (χ2v) is 3.79. The zero-order valence-corrected chi connectivity index (χ0v) is 9.68. The van der Waals surface area contributed by atoms with Crippen molar-refractivity contribution in [3.8, 4) is 5.75 Å². The molecule has 2 aromatic rings. The van der Waals surface area contributed by atoms with E-state index in [-0.39, 0.29) is 0 Å². The lowest BCUT2D eigenvalue weighted by Crippen LogP contribution is -1.96. The van der Waals surface area contributed by atoms with Crippen LogP contribution in [-0.2, 0) is 0 Å². The molecule has 0 saturated carbocycles. The van der Waals surface area contributed by atoms with Gasteiger partial charge in [0.2, 0.25) is 0 Å². The van der Waals surface area contributed by atoms with E-state index in [0.29, 0.717) is 5.76 Å². The number of hydrogen-bond donors (Lipinski definition) is 1. The maximum atomic E-state index is 5.70. The first kappa shape index (κ1) is 11.2. The predicted molar refractivity (Wildman–Crippen MR) is 69.5 cm³/mol. The van der Waals surface area contributed by atoms with Crippen LogP contribution < -0.4 is 10.5 Å². The quantitative estimate of drug-likeness (QED) is 0.646. The van der Waals surface area contributed by atoms with Crippen molar-refractivity contribution in [1.29, 1.82) is 0 Å². The summed E-state index contributed by atoms with van der Waals surface area (Å²) < 4.78 is 5.70. The topological polar surface area (TPSA) is 48.1 Å². The van der Waals surface area contributed by atoms with Crippen LogP contribution in [0.1, 0.15) is 11.1 Å². The van der Waals surface area contributed by atoms with Crippen LogP contribution in [0.2, 0.25) is 0 Å². The van der Waals surface area contributed by atoms with E-state index >= 15 is 0 Å². The smallest absolute Gasteiger partial charge is 0.130 e. The van der Waals surface area contributed by atoms with Crippen molar-refractivity contribution in [3.63, 3.8) is 0 Å². The number of rotatable bonds is 3. The van der Waals surface area contributed by atoms with E-state index in [1.807, 2.05) is 31.2 Å². The summed E-state index contributed by atoms with van der Waals surface area (Å²) in [6, 6.07) is 9.26. The van der Waals surface area contributed by atoms with Gasteiger partial charge in [-0.05, 0) is 42.8 Å². The average molecular weight is 226 g/mol. The van der Waals surface area contributed by atoms with Gasteiger partial charge in [0.05, 0.1) is 0 Å². The molecule has 0 aliphatic carbocycles. The number of benzene rings is 1. The van der Waals surface area contributed by atoms with Crippen molar-refractivity contribution in [2.75, 3.05) is 5.73 Å². The lowest BCUT2D eigenvalue weighted by atomic mass is 10.2. The molecule has 0 saturated heterocycles. The van der Waals surface area contributed by atoms with Crippen molar-refractivity contribution in [2.24, 2.45) is 0 Å². The molecule has 0 spiro atoms. The Morgan fingerprint density at radius 2 is 2.18 bits per heavy atom. The Hall–Kier alpha value is -2.29. The summed E-state index contributed by atoms with van der Waals surface area (Å²) in [5.74, 6) is 1.33. The molecule has 1 aromatic heterocycles. The van der Waals surface area contributed by atoms with Crippen LogP contribution in [-0.4, -0.2) is 4.98 Å². The molecule has 1 aromatic carbocycles. The van der Waals surface area contributed by atoms with Crippen LogP contribution in [0, 0.1) is 6.92 Å². The van der Waals surface area contributed by atoms with E-state index in [1.165, 1.54) is 0 Å². The van der Waals surface area contributed by atoms with Crippen LogP contribution in [0.15, 0.2) is 49.3 Å². The second-order valence-electron chi connectivity index (χ2n) is 3.79. The first-order valence-corrected chi connectivity index (χ1v) is 5.30. The van der Waals surface area contributed by atoms with Gasteiger partial charge >= 0.3 is 0 Å². The van der Waals surface area contributed by atoms with Gasteiger partial charge in [-0.25, -0.2) is 0 Å². The van der Waals surface area contributed by atoms with Gasteiger partial charge in [0.25, 0.3) is 0 Å². The second kappa shape index (κ2) is 4.70. The number of nitrogens with zero attached hydrogens (tertiary/aromatic N) is 1. The van der Waals surface area contributed by atoms with Gasteiger partial charge in [0, 0.05) is 23.6 Å². The largest absolute Gasteiger partial charge is 0.457 e. The number of pyridine rings is 1. The minimum Gasteiger partial charge on any atom is -0.457 e. The zero-order chi connectivity index (χ0) is 12.3. The Balaban J connectivity index is 2.19. The van der Waals surface area contributed by atoms with Crippen molar-refractivity contribution < 1.29 is 4.74 Å². The molecular weight excluding hydrogens is 212 g/mol. The molecule has 0 fully saturated rings. The molecule has 0 atom stereocenters. The molecule has 0 amide bonds. The molecule has 1 heterocycles. The molecule has 3 nitrogen and oxygen atoms in total. The van der Waals surface area contributed by atoms with Crippen molar-refractivity contribution in [3.05, 3.63) is 60.4 Å². The van der Waals surface area contributed by atoms with Gasteiger partial charge in [-0.2, -0.15) is 0 Å². The van der Waals surface area contributed by atoms with Crippen LogP contribution in [0.4, 0.5) is 5.69 Å². The number of hydrogen-bond acceptors (Lipinski definition) is 3. The number of ether oxygens (including phenoxy) is 1. The highest BCUT2D eigenvalue weighted by atomic mass is 16.5. The van der Waals surface area contributed by atoms with Gasteiger partial charge in [-0.1, -0.05) is 6.58 Å². The maximum absolute atomic E-state index is 5.70. The van der Waals surface area contributed by atoms with Gasteiger partial charge in [-0.3, -0.25) is 4.98 Å². The lowest BCUT2D eigenvalue weighted by Gasteiger charge is -2.11. The Bertz CT molecular complexity index is 535. The van der Waals surface area contributed by atoms with E-state index < -0.39 is 0 Å². The number of nitrogens with two attached hydrogens (primary N) is 1. The molecule has 0 aliphatic heterocycles. The predicted octanol–water partition coefficient (Wildman–Crippen LogP) is 3.02. The molecule has 17 heavy (non-hydrogen) atoms. The van der Waals surface area contributed by atoms with E-state index in [1.54, 1.807) is 18.5 Å². The van der Waals surface area contributed by atoms with Crippen molar-refractivity contribution >= 4 is 11.4 Å². The monoisotopic (exact) mass is 226 g/mol. The van der Waals surface area contributed by atoms with Crippen LogP contribution in [0.25, 0.3) is 5.76 Å². The molecular formula is C14H14N2O. The maximum Gasteiger partial charge on any atom is 0.130 e. The third-order valence-corrected chi connectivity index (χ3v) is 2.42. The number of aryl methyl sites for hydroxylation is 1. The first-order chi connectivity index (χ1) is 8.16. The van der Waals surface area contributed by atoms with E-state index in [2.05, 4.69) is 11.6 Å². The third kappa shape index (κ3) is 2.64. The van der Waals surface area contributed by atoms with Crippen LogP contribution >= 0.6 is 0 Å².